The minimum Gasteiger partial charge on any atom is -0.380 e. The van der Waals surface area contributed by atoms with Gasteiger partial charge in [-0.2, -0.15) is 0 Å². The molecule has 5 rings (SSSR count). The molecule has 0 aliphatic carbocycles. The fraction of sp³-hybridized carbons (Fsp3) is 0.455. The third-order valence-corrected chi connectivity index (χ3v) is 6.11. The Morgan fingerprint density at radius 1 is 0.875 bits per heavy atom. The van der Waals surface area contributed by atoms with E-state index >= 15 is 0 Å². The zero-order valence-corrected chi connectivity index (χ0v) is 14.3. The number of piperidine rings is 3. The summed E-state index contributed by atoms with van der Waals surface area (Å²) in [5.41, 5.74) is 1.12. The van der Waals surface area contributed by atoms with Gasteiger partial charge in [-0.15, -0.1) is 0 Å². The van der Waals surface area contributed by atoms with E-state index in [1.165, 1.54) is 32.4 Å². The van der Waals surface area contributed by atoms with Gasteiger partial charge in [-0.25, -0.2) is 0 Å². The lowest BCUT2D eigenvalue weighted by atomic mass is 9.77. The van der Waals surface area contributed by atoms with Crippen LogP contribution in [-0.2, 0) is 5.60 Å². The first-order chi connectivity index (χ1) is 11.8. The van der Waals surface area contributed by atoms with Crippen molar-refractivity contribution in [2.45, 2.75) is 43.7 Å². The van der Waals surface area contributed by atoms with E-state index in [1.54, 1.807) is 0 Å². The number of fused-ring (bicyclic) bond motifs is 3. The van der Waals surface area contributed by atoms with Crippen molar-refractivity contribution >= 4 is 0 Å². The second-order valence-electron chi connectivity index (χ2n) is 7.50. The molecule has 2 aromatic rings. The fourth-order valence-corrected chi connectivity index (χ4v) is 4.65. The van der Waals surface area contributed by atoms with Crippen LogP contribution in [0, 0.1) is 5.92 Å². The molecular formula is C22H27NO. The molecular weight excluding hydrogens is 294 g/mol. The number of nitrogens with zero attached hydrogens (tertiary/aromatic N) is 1. The minimum atomic E-state index is -0.889. The standard InChI is InChI=1S/C22H27NO/c24-22(19-7-3-1-4-8-19,20-9-5-2-6-10-20)14-11-21-17-18-12-15-23(21)16-13-18/h1-10,18,21,24H,11-17H2/t21-/m0/s1. The Morgan fingerprint density at radius 2 is 1.42 bits per heavy atom. The van der Waals surface area contributed by atoms with Crippen molar-refractivity contribution in [3.63, 3.8) is 0 Å². The molecule has 1 atom stereocenters. The summed E-state index contributed by atoms with van der Waals surface area (Å²) in [6, 6.07) is 21.0. The molecule has 0 unspecified atom stereocenters. The van der Waals surface area contributed by atoms with E-state index in [4.69, 9.17) is 0 Å². The fourth-order valence-electron chi connectivity index (χ4n) is 4.65. The first-order valence-corrected chi connectivity index (χ1v) is 9.33. The topological polar surface area (TPSA) is 23.5 Å². The van der Waals surface area contributed by atoms with Crippen LogP contribution < -0.4 is 0 Å². The van der Waals surface area contributed by atoms with E-state index in [0.29, 0.717) is 6.04 Å². The van der Waals surface area contributed by atoms with Crippen LogP contribution in [-0.4, -0.2) is 29.1 Å². The van der Waals surface area contributed by atoms with Crippen LogP contribution in [0.5, 0.6) is 0 Å². The summed E-state index contributed by atoms with van der Waals surface area (Å²) in [7, 11) is 0. The van der Waals surface area contributed by atoms with Crippen LogP contribution in [0.15, 0.2) is 60.7 Å². The average molecular weight is 321 g/mol. The molecule has 0 aromatic heterocycles. The molecule has 2 nitrogen and oxygen atoms in total. The highest BCUT2D eigenvalue weighted by atomic mass is 16.3. The summed E-state index contributed by atoms with van der Waals surface area (Å²) in [4.78, 5) is 2.65. The molecule has 2 bridgehead atoms. The van der Waals surface area contributed by atoms with E-state index in [2.05, 4.69) is 29.2 Å². The first-order valence-electron chi connectivity index (χ1n) is 9.33. The van der Waals surface area contributed by atoms with Gasteiger partial charge in [0.25, 0.3) is 0 Å². The zero-order chi connectivity index (χ0) is 16.4. The first kappa shape index (κ1) is 15.9. The monoisotopic (exact) mass is 321 g/mol. The molecule has 2 heteroatoms. The molecule has 3 aliphatic rings. The van der Waals surface area contributed by atoms with Crippen molar-refractivity contribution in [3.8, 4) is 0 Å². The second kappa shape index (κ2) is 6.70. The van der Waals surface area contributed by atoms with Gasteiger partial charge < -0.3 is 10.0 Å². The van der Waals surface area contributed by atoms with E-state index in [0.717, 1.165) is 29.9 Å². The SMILES string of the molecule is OC(CC[C@H]1CC2CCN1CC2)(c1ccccc1)c1ccccc1. The summed E-state index contributed by atoms with van der Waals surface area (Å²) in [5, 5.41) is 11.6. The molecule has 0 saturated carbocycles. The van der Waals surface area contributed by atoms with Gasteiger partial charge in [0.15, 0.2) is 0 Å². The molecule has 2 aromatic carbocycles. The summed E-state index contributed by atoms with van der Waals surface area (Å²) >= 11 is 0. The predicted molar refractivity (Wildman–Crippen MR) is 97.8 cm³/mol. The molecule has 3 heterocycles. The van der Waals surface area contributed by atoms with Gasteiger partial charge in [0, 0.05) is 6.04 Å². The Labute approximate surface area is 145 Å². The highest BCUT2D eigenvalue weighted by molar-refractivity contribution is 5.35. The van der Waals surface area contributed by atoms with Gasteiger partial charge in [0.05, 0.1) is 0 Å². The Bertz CT molecular complexity index is 607. The number of hydrogen-bond donors (Lipinski definition) is 1. The Kier molecular flexibility index (Phi) is 4.43. The Morgan fingerprint density at radius 3 is 1.88 bits per heavy atom. The molecule has 0 spiro atoms. The highest BCUT2D eigenvalue weighted by Crippen LogP contribution is 2.39. The second-order valence-corrected chi connectivity index (χ2v) is 7.50. The van der Waals surface area contributed by atoms with E-state index in [9.17, 15) is 5.11 Å². The molecule has 0 amide bonds. The lowest BCUT2D eigenvalue weighted by Gasteiger charge is -2.46. The van der Waals surface area contributed by atoms with Gasteiger partial charge in [0.2, 0.25) is 0 Å². The zero-order valence-electron chi connectivity index (χ0n) is 14.3. The lowest BCUT2D eigenvalue weighted by molar-refractivity contribution is 0.0168. The highest BCUT2D eigenvalue weighted by Gasteiger charge is 2.37. The summed E-state index contributed by atoms with van der Waals surface area (Å²) in [5.74, 6) is 0.918. The number of benzene rings is 2. The van der Waals surface area contributed by atoms with Gasteiger partial charge in [-0.3, -0.25) is 0 Å². The lowest BCUT2D eigenvalue weighted by Crippen LogP contribution is -2.49. The smallest absolute Gasteiger partial charge is 0.115 e. The Hall–Kier alpha value is -1.64. The van der Waals surface area contributed by atoms with E-state index in [-0.39, 0.29) is 0 Å². The molecule has 1 N–H and O–H groups in total. The molecule has 24 heavy (non-hydrogen) atoms. The van der Waals surface area contributed by atoms with E-state index in [1.807, 2.05) is 36.4 Å². The van der Waals surface area contributed by atoms with Crippen LogP contribution in [0.3, 0.4) is 0 Å². The van der Waals surface area contributed by atoms with Crippen LogP contribution in [0.25, 0.3) is 0 Å². The van der Waals surface area contributed by atoms with Crippen LogP contribution >= 0.6 is 0 Å². The Balaban J connectivity index is 1.57. The maximum atomic E-state index is 11.6. The van der Waals surface area contributed by atoms with E-state index < -0.39 is 5.60 Å². The van der Waals surface area contributed by atoms with Gasteiger partial charge in [-0.1, -0.05) is 60.7 Å². The van der Waals surface area contributed by atoms with Crippen molar-refractivity contribution in [1.82, 2.24) is 4.90 Å². The number of rotatable bonds is 5. The van der Waals surface area contributed by atoms with Crippen LogP contribution in [0.2, 0.25) is 0 Å². The van der Waals surface area contributed by atoms with Crippen molar-refractivity contribution in [3.05, 3.63) is 71.8 Å². The normalized spacial score (nSPS) is 26.5. The molecule has 126 valence electrons. The quantitative estimate of drug-likeness (QED) is 0.893. The number of hydrogen-bond acceptors (Lipinski definition) is 2. The van der Waals surface area contributed by atoms with Gasteiger partial charge in [0.1, 0.15) is 5.60 Å². The summed E-state index contributed by atoms with van der Waals surface area (Å²) < 4.78 is 0. The van der Waals surface area contributed by atoms with Gasteiger partial charge >= 0.3 is 0 Å². The van der Waals surface area contributed by atoms with Crippen molar-refractivity contribution in [2.75, 3.05) is 13.1 Å². The summed E-state index contributed by atoms with van der Waals surface area (Å²) in [6.45, 7) is 2.51. The van der Waals surface area contributed by atoms with Gasteiger partial charge in [-0.05, 0) is 62.2 Å². The summed E-state index contributed by atoms with van der Waals surface area (Å²) in [6.07, 6.45) is 5.92. The van der Waals surface area contributed by atoms with Crippen molar-refractivity contribution < 1.29 is 5.11 Å². The third-order valence-electron chi connectivity index (χ3n) is 6.11. The largest absolute Gasteiger partial charge is 0.380 e. The average Bonchev–Trinajstić information content (AvgIpc) is 2.68. The maximum Gasteiger partial charge on any atom is 0.115 e. The third kappa shape index (κ3) is 3.01. The molecule has 0 radical (unpaired) electrons. The van der Waals surface area contributed by atoms with Crippen molar-refractivity contribution in [1.29, 1.82) is 0 Å². The number of aliphatic hydroxyl groups is 1. The predicted octanol–water partition coefficient (Wildman–Crippen LogP) is 4.19. The molecule has 3 fully saturated rings. The van der Waals surface area contributed by atoms with Crippen LogP contribution in [0.4, 0.5) is 0 Å². The minimum absolute atomic E-state index is 0.649. The maximum absolute atomic E-state index is 11.6. The van der Waals surface area contributed by atoms with Crippen molar-refractivity contribution in [2.24, 2.45) is 5.92 Å². The molecule has 3 aliphatic heterocycles. The molecule has 3 saturated heterocycles. The van der Waals surface area contributed by atoms with Crippen LogP contribution in [0.1, 0.15) is 43.2 Å².